The van der Waals surface area contributed by atoms with Crippen molar-refractivity contribution in [2.24, 2.45) is 0 Å². The normalized spacial score (nSPS) is 10.4. The van der Waals surface area contributed by atoms with Gasteiger partial charge < -0.3 is 10.6 Å². The summed E-state index contributed by atoms with van der Waals surface area (Å²) in [6, 6.07) is 23.1. The van der Waals surface area contributed by atoms with Crippen molar-refractivity contribution in [1.29, 1.82) is 0 Å². The molecule has 6 nitrogen and oxygen atoms in total. The minimum Gasteiger partial charge on any atom is -0.340 e. The Morgan fingerprint density at radius 3 is 2.16 bits per heavy atom. The highest BCUT2D eigenvalue weighted by Crippen LogP contribution is 2.24. The average molecular weight is 409 g/mol. The molecule has 0 fully saturated rings. The molecule has 154 valence electrons. The van der Waals surface area contributed by atoms with Crippen molar-refractivity contribution in [2.75, 3.05) is 16.0 Å². The van der Waals surface area contributed by atoms with Crippen LogP contribution < -0.4 is 16.0 Å². The molecule has 0 aliphatic heterocycles. The fraction of sp³-hybridized carbons (Fsp3) is 0.0800. The lowest BCUT2D eigenvalue weighted by atomic mass is 10.1. The van der Waals surface area contributed by atoms with Crippen LogP contribution in [0.2, 0.25) is 0 Å². The zero-order chi connectivity index (χ0) is 21.6. The van der Waals surface area contributed by atoms with Crippen molar-refractivity contribution in [1.82, 2.24) is 9.97 Å². The van der Waals surface area contributed by atoms with Gasteiger partial charge in [0.25, 0.3) is 0 Å². The Kier molecular flexibility index (Phi) is 5.89. The van der Waals surface area contributed by atoms with Gasteiger partial charge in [-0.05, 0) is 78.6 Å². The largest absolute Gasteiger partial charge is 0.340 e. The summed E-state index contributed by atoms with van der Waals surface area (Å²) in [4.78, 5) is 21.1. The number of para-hydroxylation sites is 1. The van der Waals surface area contributed by atoms with Crippen molar-refractivity contribution in [3.05, 3.63) is 96.3 Å². The molecule has 0 saturated heterocycles. The Morgan fingerprint density at radius 1 is 0.742 bits per heavy atom. The first kappa shape index (κ1) is 20.1. The predicted molar refractivity (Wildman–Crippen MR) is 126 cm³/mol. The lowest BCUT2D eigenvalue weighted by Gasteiger charge is -2.11. The van der Waals surface area contributed by atoms with Gasteiger partial charge >= 0.3 is 6.03 Å². The van der Waals surface area contributed by atoms with E-state index in [4.69, 9.17) is 0 Å². The fourth-order valence-electron chi connectivity index (χ4n) is 3.17. The van der Waals surface area contributed by atoms with Crippen molar-refractivity contribution in [3.63, 3.8) is 0 Å². The molecule has 31 heavy (non-hydrogen) atoms. The molecule has 0 atom stereocenters. The number of benzene rings is 2. The van der Waals surface area contributed by atoms with E-state index in [0.29, 0.717) is 5.82 Å². The summed E-state index contributed by atoms with van der Waals surface area (Å²) in [6.07, 6.45) is 3.43. The van der Waals surface area contributed by atoms with Gasteiger partial charge in [0.05, 0.1) is 0 Å². The molecule has 4 aromatic rings. The summed E-state index contributed by atoms with van der Waals surface area (Å²) in [7, 11) is 0. The van der Waals surface area contributed by atoms with E-state index < -0.39 is 0 Å². The van der Waals surface area contributed by atoms with Crippen LogP contribution in [0, 0.1) is 13.8 Å². The quantitative estimate of drug-likeness (QED) is 0.369. The highest BCUT2D eigenvalue weighted by Gasteiger charge is 2.08. The summed E-state index contributed by atoms with van der Waals surface area (Å²) in [5, 5.41) is 8.99. The smallest absolute Gasteiger partial charge is 0.324 e. The molecule has 0 aliphatic rings. The van der Waals surface area contributed by atoms with Gasteiger partial charge in [0, 0.05) is 23.8 Å². The van der Waals surface area contributed by atoms with Crippen LogP contribution in [0.15, 0.2) is 85.2 Å². The first-order valence-corrected chi connectivity index (χ1v) is 9.97. The highest BCUT2D eigenvalue weighted by atomic mass is 16.2. The third-order valence-electron chi connectivity index (χ3n) is 4.78. The molecular formula is C25H23N5O. The monoisotopic (exact) mass is 409 g/mol. The van der Waals surface area contributed by atoms with Crippen LogP contribution in [0.4, 0.5) is 27.8 Å². The van der Waals surface area contributed by atoms with Gasteiger partial charge in [-0.15, -0.1) is 0 Å². The number of pyridine rings is 2. The summed E-state index contributed by atoms with van der Waals surface area (Å²) >= 11 is 0. The summed E-state index contributed by atoms with van der Waals surface area (Å²) in [6.45, 7) is 3.95. The Morgan fingerprint density at radius 2 is 1.42 bits per heavy atom. The molecule has 2 heterocycles. The molecule has 0 aliphatic carbocycles. The Hall–Kier alpha value is -4.19. The van der Waals surface area contributed by atoms with E-state index in [2.05, 4.69) is 25.9 Å². The average Bonchev–Trinajstić information content (AvgIpc) is 2.77. The van der Waals surface area contributed by atoms with Gasteiger partial charge in [-0.1, -0.05) is 30.3 Å². The van der Waals surface area contributed by atoms with Crippen LogP contribution in [0.3, 0.4) is 0 Å². The van der Waals surface area contributed by atoms with E-state index >= 15 is 0 Å². The number of nitrogens with one attached hydrogen (secondary N) is 3. The number of nitrogens with zero attached hydrogens (tertiary/aromatic N) is 2. The molecule has 3 N–H and O–H groups in total. The predicted octanol–water partition coefficient (Wildman–Crippen LogP) is 6.15. The molecule has 4 rings (SSSR count). The third-order valence-corrected chi connectivity index (χ3v) is 4.78. The number of carbonyl (C=O) groups excluding carboxylic acids is 1. The number of rotatable bonds is 5. The number of anilines is 4. The standard InChI is InChI=1S/C25H23N5O/c1-17-8-9-18(2)22(14-17)29-25(31)30-24-16-20(11-13-27-24)19-10-12-26-23(15-19)28-21-6-4-3-5-7-21/h3-16H,1-2H3,(H,26,28)(H2,27,29,30,31). The Balaban J connectivity index is 1.49. The number of urea groups is 1. The van der Waals surface area contributed by atoms with E-state index in [1.807, 2.05) is 86.6 Å². The molecule has 6 heteroatoms. The van der Waals surface area contributed by atoms with Crippen molar-refractivity contribution in [2.45, 2.75) is 13.8 Å². The molecule has 0 unspecified atom stereocenters. The topological polar surface area (TPSA) is 78.9 Å². The molecule has 2 amide bonds. The molecule has 0 spiro atoms. The van der Waals surface area contributed by atoms with E-state index in [1.54, 1.807) is 12.4 Å². The van der Waals surface area contributed by atoms with Crippen LogP contribution in [-0.2, 0) is 0 Å². The number of carbonyl (C=O) groups is 1. The molecule has 0 radical (unpaired) electrons. The van der Waals surface area contributed by atoms with Gasteiger partial charge in [0.15, 0.2) is 0 Å². The van der Waals surface area contributed by atoms with Crippen molar-refractivity contribution < 1.29 is 4.79 Å². The van der Waals surface area contributed by atoms with Crippen molar-refractivity contribution >= 4 is 29.0 Å². The number of hydrogen-bond donors (Lipinski definition) is 3. The summed E-state index contributed by atoms with van der Waals surface area (Å²) in [5.74, 6) is 1.21. The van der Waals surface area contributed by atoms with Crippen molar-refractivity contribution in [3.8, 4) is 11.1 Å². The van der Waals surface area contributed by atoms with Crippen LogP contribution in [-0.4, -0.2) is 16.0 Å². The number of amides is 2. The molecule has 0 bridgehead atoms. The zero-order valence-corrected chi connectivity index (χ0v) is 17.4. The minimum absolute atomic E-state index is 0.334. The van der Waals surface area contributed by atoms with Gasteiger partial charge in [0.2, 0.25) is 0 Å². The molecular weight excluding hydrogens is 386 g/mol. The number of aromatic nitrogens is 2. The van der Waals surface area contributed by atoms with Crippen LogP contribution in [0.5, 0.6) is 0 Å². The van der Waals surface area contributed by atoms with Crippen LogP contribution in [0.25, 0.3) is 11.1 Å². The van der Waals surface area contributed by atoms with E-state index in [-0.39, 0.29) is 6.03 Å². The summed E-state index contributed by atoms with van der Waals surface area (Å²) < 4.78 is 0. The van der Waals surface area contributed by atoms with E-state index in [9.17, 15) is 4.79 Å². The summed E-state index contributed by atoms with van der Waals surface area (Å²) in [5.41, 5.74) is 5.72. The Bertz CT molecular complexity index is 1210. The molecule has 0 saturated carbocycles. The maximum atomic E-state index is 12.5. The van der Waals surface area contributed by atoms with Crippen LogP contribution in [0.1, 0.15) is 11.1 Å². The lowest BCUT2D eigenvalue weighted by molar-refractivity contribution is 0.262. The minimum atomic E-state index is -0.334. The molecule has 2 aromatic carbocycles. The van der Waals surface area contributed by atoms with Crippen LogP contribution >= 0.6 is 0 Å². The number of aryl methyl sites for hydroxylation is 2. The third kappa shape index (κ3) is 5.25. The lowest BCUT2D eigenvalue weighted by Crippen LogP contribution is -2.20. The Labute approximate surface area is 181 Å². The van der Waals surface area contributed by atoms with Gasteiger partial charge in [-0.2, -0.15) is 0 Å². The second-order valence-electron chi connectivity index (χ2n) is 7.25. The van der Waals surface area contributed by atoms with E-state index in [1.165, 1.54) is 0 Å². The second-order valence-corrected chi connectivity index (χ2v) is 7.25. The maximum Gasteiger partial charge on any atom is 0.324 e. The maximum absolute atomic E-state index is 12.5. The highest BCUT2D eigenvalue weighted by molar-refractivity contribution is 6.00. The first-order valence-electron chi connectivity index (χ1n) is 9.97. The fourth-order valence-corrected chi connectivity index (χ4v) is 3.17. The molecule has 2 aromatic heterocycles. The SMILES string of the molecule is Cc1ccc(C)c(NC(=O)Nc2cc(-c3ccnc(Nc4ccccc4)c3)ccn2)c1. The van der Waals surface area contributed by atoms with E-state index in [0.717, 1.165) is 39.4 Å². The zero-order valence-electron chi connectivity index (χ0n) is 17.4. The van der Waals surface area contributed by atoms with Gasteiger partial charge in [-0.3, -0.25) is 5.32 Å². The van der Waals surface area contributed by atoms with Gasteiger partial charge in [-0.25, -0.2) is 14.8 Å². The number of hydrogen-bond acceptors (Lipinski definition) is 4. The first-order chi connectivity index (χ1) is 15.1. The van der Waals surface area contributed by atoms with Gasteiger partial charge in [0.1, 0.15) is 11.6 Å². The second kappa shape index (κ2) is 9.09.